The lowest BCUT2D eigenvalue weighted by Gasteiger charge is -2.23. The highest BCUT2D eigenvalue weighted by atomic mass is 16.6. The summed E-state index contributed by atoms with van der Waals surface area (Å²) in [6.07, 6.45) is 0.927. The van der Waals surface area contributed by atoms with Crippen LogP contribution in [-0.4, -0.2) is 34.9 Å². The molecule has 0 aliphatic carbocycles. The summed E-state index contributed by atoms with van der Waals surface area (Å²) in [7, 11) is 1.23. The van der Waals surface area contributed by atoms with E-state index in [9.17, 15) is 9.59 Å². The number of aromatic nitrogens is 1. The van der Waals surface area contributed by atoms with Gasteiger partial charge in [0, 0.05) is 18.0 Å². The fraction of sp³-hybridized carbons (Fsp3) is 0.421. The highest BCUT2D eigenvalue weighted by Gasteiger charge is 2.36. The largest absolute Gasteiger partial charge is 0.468 e. The van der Waals surface area contributed by atoms with Crippen molar-refractivity contribution < 1.29 is 19.1 Å². The number of carbonyl (C=O) groups is 2. The number of hydrogen-bond donors (Lipinski definition) is 1. The molecule has 0 saturated carbocycles. The fourth-order valence-electron chi connectivity index (χ4n) is 2.74. The van der Waals surface area contributed by atoms with E-state index in [4.69, 9.17) is 20.5 Å². The Morgan fingerprint density at radius 3 is 2.50 bits per heavy atom. The highest BCUT2D eigenvalue weighted by Crippen LogP contribution is 2.27. The molecule has 0 fully saturated rings. The summed E-state index contributed by atoms with van der Waals surface area (Å²) < 4.78 is 11.6. The van der Waals surface area contributed by atoms with Crippen molar-refractivity contribution in [1.82, 2.24) is 4.57 Å². The van der Waals surface area contributed by atoms with E-state index in [1.165, 1.54) is 11.7 Å². The first-order valence-electron chi connectivity index (χ1n) is 8.18. The first kappa shape index (κ1) is 19.5. The van der Waals surface area contributed by atoms with E-state index in [1.54, 1.807) is 39.1 Å². The first-order chi connectivity index (χ1) is 12.1. The smallest absolute Gasteiger partial charge is 0.419 e. The average Bonchev–Trinajstić information content (AvgIpc) is 2.91. The Balaban J connectivity index is 2.51. The summed E-state index contributed by atoms with van der Waals surface area (Å²) in [6, 6.07) is 9.17. The third-order valence-electron chi connectivity index (χ3n) is 3.88. The Morgan fingerprint density at radius 1 is 1.27 bits per heavy atom. The number of benzene rings is 1. The minimum absolute atomic E-state index is 0.0591. The number of nitrogens with two attached hydrogens (primary N) is 1. The molecule has 0 amide bonds. The molecule has 2 N–H and O–H groups in total. The van der Waals surface area contributed by atoms with Gasteiger partial charge in [0.05, 0.1) is 25.1 Å². The molecule has 0 bridgehead atoms. The normalized spacial score (nSPS) is 13.7. The third kappa shape index (κ3) is 4.03. The Labute approximate surface area is 152 Å². The third-order valence-corrected chi connectivity index (χ3v) is 3.88. The summed E-state index contributed by atoms with van der Waals surface area (Å²) in [6.45, 7) is 5.35. The van der Waals surface area contributed by atoms with Gasteiger partial charge in [-0.05, 0) is 32.4 Å². The van der Waals surface area contributed by atoms with E-state index in [2.05, 4.69) is 0 Å². The minimum Gasteiger partial charge on any atom is -0.468 e. The van der Waals surface area contributed by atoms with Crippen LogP contribution in [0, 0.1) is 11.3 Å². The van der Waals surface area contributed by atoms with E-state index in [-0.39, 0.29) is 12.8 Å². The molecule has 138 valence electrons. The van der Waals surface area contributed by atoms with Crippen LogP contribution in [0.25, 0.3) is 10.9 Å². The predicted octanol–water partition coefficient (Wildman–Crippen LogP) is 2.75. The van der Waals surface area contributed by atoms with Crippen LogP contribution in [0.5, 0.6) is 0 Å². The maximum absolute atomic E-state index is 12.5. The summed E-state index contributed by atoms with van der Waals surface area (Å²) in [5.41, 5.74) is 5.31. The molecular weight excluding hydrogens is 334 g/mol. The fourth-order valence-corrected chi connectivity index (χ4v) is 2.74. The number of ether oxygens (including phenoxy) is 2. The average molecular weight is 357 g/mol. The zero-order valence-corrected chi connectivity index (χ0v) is 15.4. The number of rotatable bonds is 4. The van der Waals surface area contributed by atoms with Crippen molar-refractivity contribution in [2.45, 2.75) is 44.8 Å². The standard InChI is InChI=1S/C19H23N3O4/c1-18(2,3)26-17(24)22-12-13(14-7-5-6-8-15(14)22)11-19(21,9-10-20)16(23)25-4/h5-8,12H,9,11,21H2,1-4H3. The van der Waals surface area contributed by atoms with Crippen LogP contribution in [0.4, 0.5) is 4.79 Å². The lowest BCUT2D eigenvalue weighted by molar-refractivity contribution is -0.146. The molecule has 2 aromatic rings. The van der Waals surface area contributed by atoms with Gasteiger partial charge in [-0.1, -0.05) is 18.2 Å². The van der Waals surface area contributed by atoms with E-state index in [0.717, 1.165) is 5.39 Å². The summed E-state index contributed by atoms with van der Waals surface area (Å²) >= 11 is 0. The number of para-hydroxylation sites is 1. The number of methoxy groups -OCH3 is 1. The molecule has 7 nitrogen and oxygen atoms in total. The van der Waals surface area contributed by atoms with E-state index in [1.807, 2.05) is 18.2 Å². The van der Waals surface area contributed by atoms with Crippen molar-refractivity contribution in [3.05, 3.63) is 36.0 Å². The molecule has 1 aromatic heterocycles. The van der Waals surface area contributed by atoms with Crippen molar-refractivity contribution in [2.24, 2.45) is 5.73 Å². The van der Waals surface area contributed by atoms with Crippen LogP contribution in [0.1, 0.15) is 32.8 Å². The SMILES string of the molecule is COC(=O)C(N)(CC#N)Cc1cn(C(=O)OC(C)(C)C)c2ccccc12. The molecule has 0 aliphatic rings. The lowest BCUT2D eigenvalue weighted by Crippen LogP contribution is -2.50. The van der Waals surface area contributed by atoms with Gasteiger partial charge in [0.2, 0.25) is 0 Å². The second-order valence-electron chi connectivity index (χ2n) is 7.18. The van der Waals surface area contributed by atoms with Crippen LogP contribution < -0.4 is 5.73 Å². The van der Waals surface area contributed by atoms with E-state index >= 15 is 0 Å². The van der Waals surface area contributed by atoms with Crippen LogP contribution in [-0.2, 0) is 20.7 Å². The molecule has 0 saturated heterocycles. The highest BCUT2D eigenvalue weighted by molar-refractivity contribution is 5.93. The second kappa shape index (κ2) is 7.18. The molecule has 2 rings (SSSR count). The van der Waals surface area contributed by atoms with Gasteiger partial charge < -0.3 is 15.2 Å². The Kier molecular flexibility index (Phi) is 5.38. The molecule has 26 heavy (non-hydrogen) atoms. The summed E-state index contributed by atoms with van der Waals surface area (Å²) in [4.78, 5) is 24.6. The van der Waals surface area contributed by atoms with Crippen molar-refractivity contribution in [1.29, 1.82) is 5.26 Å². The number of nitrogens with zero attached hydrogens (tertiary/aromatic N) is 2. The number of esters is 1. The van der Waals surface area contributed by atoms with Crippen molar-refractivity contribution in [3.63, 3.8) is 0 Å². The predicted molar refractivity (Wildman–Crippen MR) is 96.4 cm³/mol. The Bertz CT molecular complexity index is 873. The first-order valence-corrected chi connectivity index (χ1v) is 8.18. The van der Waals surface area contributed by atoms with Gasteiger partial charge in [-0.15, -0.1) is 0 Å². The summed E-state index contributed by atoms with van der Waals surface area (Å²) in [5.74, 6) is -0.673. The Hall–Kier alpha value is -2.85. The Morgan fingerprint density at radius 2 is 1.92 bits per heavy atom. The minimum atomic E-state index is -1.49. The van der Waals surface area contributed by atoms with Gasteiger partial charge in [0.25, 0.3) is 0 Å². The van der Waals surface area contributed by atoms with Crippen molar-refractivity contribution >= 4 is 23.0 Å². The van der Waals surface area contributed by atoms with Crippen LogP contribution in [0.3, 0.4) is 0 Å². The maximum atomic E-state index is 12.5. The number of carbonyl (C=O) groups excluding carboxylic acids is 2. The van der Waals surface area contributed by atoms with E-state index in [0.29, 0.717) is 11.1 Å². The molecule has 0 spiro atoms. The molecular formula is C19H23N3O4. The molecule has 1 aromatic carbocycles. The molecule has 1 atom stereocenters. The van der Waals surface area contributed by atoms with Crippen LogP contribution in [0.15, 0.2) is 30.5 Å². The van der Waals surface area contributed by atoms with Gasteiger partial charge >= 0.3 is 12.1 Å². The molecule has 0 aliphatic heterocycles. The van der Waals surface area contributed by atoms with Crippen molar-refractivity contribution in [3.8, 4) is 6.07 Å². The van der Waals surface area contributed by atoms with Crippen molar-refractivity contribution in [2.75, 3.05) is 7.11 Å². The zero-order chi connectivity index (χ0) is 19.5. The molecule has 1 unspecified atom stereocenters. The van der Waals surface area contributed by atoms with Gasteiger partial charge in [0.15, 0.2) is 0 Å². The molecule has 1 heterocycles. The quantitative estimate of drug-likeness (QED) is 0.843. The second-order valence-corrected chi connectivity index (χ2v) is 7.18. The van der Waals surface area contributed by atoms with Gasteiger partial charge in [-0.25, -0.2) is 4.79 Å². The number of nitriles is 1. The van der Waals surface area contributed by atoms with E-state index < -0.39 is 23.2 Å². The number of fused-ring (bicyclic) bond motifs is 1. The van der Waals surface area contributed by atoms with Crippen LogP contribution in [0.2, 0.25) is 0 Å². The molecule has 0 radical (unpaired) electrons. The molecule has 7 heteroatoms. The lowest BCUT2D eigenvalue weighted by atomic mass is 9.89. The summed E-state index contributed by atoms with van der Waals surface area (Å²) in [5, 5.41) is 9.80. The number of hydrogen-bond acceptors (Lipinski definition) is 6. The zero-order valence-electron chi connectivity index (χ0n) is 15.4. The monoisotopic (exact) mass is 357 g/mol. The topological polar surface area (TPSA) is 107 Å². The van der Waals surface area contributed by atoms with Gasteiger partial charge in [0.1, 0.15) is 11.1 Å². The van der Waals surface area contributed by atoms with Gasteiger partial charge in [-0.2, -0.15) is 5.26 Å². The maximum Gasteiger partial charge on any atom is 0.419 e. The van der Waals surface area contributed by atoms with Crippen LogP contribution >= 0.6 is 0 Å². The van der Waals surface area contributed by atoms with Gasteiger partial charge in [-0.3, -0.25) is 9.36 Å².